The van der Waals surface area contributed by atoms with E-state index in [1.54, 1.807) is 13.8 Å². The number of amides is 1. The Morgan fingerprint density at radius 3 is 2.56 bits per heavy atom. The minimum atomic E-state index is -0.948. The molecule has 1 amide bonds. The molecule has 0 aromatic heterocycles. The molecule has 0 saturated carbocycles. The summed E-state index contributed by atoms with van der Waals surface area (Å²) in [7, 11) is 0. The van der Waals surface area contributed by atoms with Crippen molar-refractivity contribution in [2.75, 3.05) is 13.2 Å². The number of hydrogen-bond acceptors (Lipinski definition) is 4. The van der Waals surface area contributed by atoms with Crippen molar-refractivity contribution in [3.8, 4) is 0 Å². The molecule has 0 spiro atoms. The maximum absolute atomic E-state index is 11.7. The van der Waals surface area contributed by atoms with Gasteiger partial charge in [0.05, 0.1) is 19.3 Å². The second-order valence-electron chi connectivity index (χ2n) is 4.25. The summed E-state index contributed by atoms with van der Waals surface area (Å²) in [4.78, 5) is 22.5. The Morgan fingerprint density at radius 2 is 2.06 bits per heavy atom. The molecule has 1 fully saturated rings. The second-order valence-corrected chi connectivity index (χ2v) is 4.25. The van der Waals surface area contributed by atoms with E-state index in [0.29, 0.717) is 0 Å². The second kappa shape index (κ2) is 5.27. The third kappa shape index (κ3) is 2.93. The van der Waals surface area contributed by atoms with Crippen molar-refractivity contribution >= 4 is 11.9 Å². The molecule has 0 bridgehead atoms. The summed E-state index contributed by atoms with van der Waals surface area (Å²) in [5.74, 6) is -2.17. The Hall–Kier alpha value is -1.14. The van der Waals surface area contributed by atoms with Gasteiger partial charge in [-0.3, -0.25) is 9.59 Å². The van der Waals surface area contributed by atoms with E-state index in [1.165, 1.54) is 0 Å². The van der Waals surface area contributed by atoms with Crippen LogP contribution in [0.3, 0.4) is 0 Å². The number of carbonyl (C=O) groups excluding carboxylic acids is 1. The molecule has 4 N–H and O–H groups in total. The standard InChI is InChI=1S/C10H18N2O4/c1-5(6(2)11)9(13)12-8-4-16-3-7(8)10(14)15/h5-8H,3-4,11H2,1-2H3,(H,12,13)(H,14,15). The molecule has 1 aliphatic rings. The topological polar surface area (TPSA) is 102 Å². The smallest absolute Gasteiger partial charge is 0.311 e. The number of carboxylic acids is 1. The Kier molecular flexibility index (Phi) is 4.26. The van der Waals surface area contributed by atoms with Crippen molar-refractivity contribution in [2.45, 2.75) is 25.9 Å². The average Bonchev–Trinajstić information content (AvgIpc) is 2.64. The zero-order valence-corrected chi connectivity index (χ0v) is 9.47. The third-order valence-electron chi connectivity index (χ3n) is 2.93. The predicted molar refractivity (Wildman–Crippen MR) is 56.7 cm³/mol. The van der Waals surface area contributed by atoms with E-state index in [1.807, 2.05) is 0 Å². The summed E-state index contributed by atoms with van der Waals surface area (Å²) < 4.78 is 5.05. The van der Waals surface area contributed by atoms with Crippen LogP contribution in [-0.2, 0) is 14.3 Å². The molecule has 1 aliphatic heterocycles. The number of carboxylic acid groups (broad SMARTS) is 1. The predicted octanol–water partition coefficient (Wildman–Crippen LogP) is -0.814. The fourth-order valence-electron chi connectivity index (χ4n) is 1.49. The highest BCUT2D eigenvalue weighted by Gasteiger charge is 2.35. The molecule has 1 heterocycles. The lowest BCUT2D eigenvalue weighted by Gasteiger charge is -2.20. The van der Waals surface area contributed by atoms with Crippen LogP contribution in [0, 0.1) is 11.8 Å². The molecule has 92 valence electrons. The van der Waals surface area contributed by atoms with Gasteiger partial charge in [0.1, 0.15) is 5.92 Å². The summed E-state index contributed by atoms with van der Waals surface area (Å²) >= 11 is 0. The maximum atomic E-state index is 11.7. The van der Waals surface area contributed by atoms with E-state index in [4.69, 9.17) is 15.6 Å². The normalized spacial score (nSPS) is 28.4. The fraction of sp³-hybridized carbons (Fsp3) is 0.800. The van der Waals surface area contributed by atoms with Crippen LogP contribution in [0.1, 0.15) is 13.8 Å². The first-order valence-corrected chi connectivity index (χ1v) is 5.30. The lowest BCUT2D eigenvalue weighted by molar-refractivity contribution is -0.142. The highest BCUT2D eigenvalue weighted by Crippen LogP contribution is 2.14. The first-order chi connectivity index (χ1) is 7.43. The van der Waals surface area contributed by atoms with Crippen LogP contribution in [0.25, 0.3) is 0 Å². The van der Waals surface area contributed by atoms with Gasteiger partial charge in [-0.25, -0.2) is 0 Å². The zero-order valence-electron chi connectivity index (χ0n) is 9.47. The van der Waals surface area contributed by atoms with Gasteiger partial charge in [-0.2, -0.15) is 0 Å². The molecule has 0 aromatic carbocycles. The van der Waals surface area contributed by atoms with Crippen molar-refractivity contribution in [1.29, 1.82) is 0 Å². The molecule has 1 saturated heterocycles. The van der Waals surface area contributed by atoms with E-state index in [-0.39, 0.29) is 31.1 Å². The molecule has 4 atom stereocenters. The lowest BCUT2D eigenvalue weighted by atomic mass is 10.0. The minimum absolute atomic E-state index is 0.146. The quantitative estimate of drug-likeness (QED) is 0.586. The fourth-order valence-corrected chi connectivity index (χ4v) is 1.49. The van der Waals surface area contributed by atoms with Crippen LogP contribution in [0.15, 0.2) is 0 Å². The van der Waals surface area contributed by atoms with E-state index in [9.17, 15) is 9.59 Å². The monoisotopic (exact) mass is 230 g/mol. The van der Waals surface area contributed by atoms with E-state index >= 15 is 0 Å². The summed E-state index contributed by atoms with van der Waals surface area (Å²) in [5.41, 5.74) is 5.60. The third-order valence-corrected chi connectivity index (χ3v) is 2.93. The molecular weight excluding hydrogens is 212 g/mol. The molecule has 1 rings (SSSR count). The van der Waals surface area contributed by atoms with Crippen LogP contribution in [0.4, 0.5) is 0 Å². The van der Waals surface area contributed by atoms with Gasteiger partial charge in [0, 0.05) is 12.0 Å². The Balaban J connectivity index is 2.53. The summed E-state index contributed by atoms with van der Waals surface area (Å²) in [6.45, 7) is 3.84. The first-order valence-electron chi connectivity index (χ1n) is 5.30. The Morgan fingerprint density at radius 1 is 1.44 bits per heavy atom. The van der Waals surface area contributed by atoms with Gasteiger partial charge >= 0.3 is 5.97 Å². The number of aliphatic carboxylic acids is 1. The van der Waals surface area contributed by atoms with Gasteiger partial charge in [-0.15, -0.1) is 0 Å². The molecule has 6 heteroatoms. The molecule has 6 nitrogen and oxygen atoms in total. The van der Waals surface area contributed by atoms with Crippen LogP contribution in [-0.4, -0.2) is 42.3 Å². The van der Waals surface area contributed by atoms with Crippen molar-refractivity contribution in [3.05, 3.63) is 0 Å². The maximum Gasteiger partial charge on any atom is 0.311 e. The minimum Gasteiger partial charge on any atom is -0.481 e. The number of hydrogen-bond donors (Lipinski definition) is 3. The first kappa shape index (κ1) is 12.9. The van der Waals surface area contributed by atoms with Gasteiger partial charge < -0.3 is 20.9 Å². The molecule has 0 radical (unpaired) electrons. The van der Waals surface area contributed by atoms with Gasteiger partial charge in [-0.1, -0.05) is 6.92 Å². The largest absolute Gasteiger partial charge is 0.481 e. The number of ether oxygens (including phenoxy) is 1. The zero-order chi connectivity index (χ0) is 12.3. The van der Waals surface area contributed by atoms with Crippen molar-refractivity contribution in [3.63, 3.8) is 0 Å². The summed E-state index contributed by atoms with van der Waals surface area (Å²) in [6.07, 6.45) is 0. The number of nitrogens with two attached hydrogens (primary N) is 1. The number of nitrogens with one attached hydrogen (secondary N) is 1. The van der Waals surface area contributed by atoms with Crippen LogP contribution < -0.4 is 11.1 Å². The van der Waals surface area contributed by atoms with Gasteiger partial charge in [0.15, 0.2) is 0 Å². The number of rotatable bonds is 4. The summed E-state index contributed by atoms with van der Waals surface area (Å²) in [5, 5.41) is 11.6. The highest BCUT2D eigenvalue weighted by molar-refractivity contribution is 5.80. The van der Waals surface area contributed by atoms with Crippen LogP contribution >= 0.6 is 0 Å². The molecule has 0 aromatic rings. The Labute approximate surface area is 94.1 Å². The van der Waals surface area contributed by atoms with E-state index in [2.05, 4.69) is 5.32 Å². The molecule has 4 unspecified atom stereocenters. The van der Waals surface area contributed by atoms with Crippen molar-refractivity contribution in [1.82, 2.24) is 5.32 Å². The van der Waals surface area contributed by atoms with Crippen LogP contribution in [0.5, 0.6) is 0 Å². The summed E-state index contributed by atoms with van der Waals surface area (Å²) in [6, 6.07) is -0.711. The molecule has 0 aliphatic carbocycles. The van der Waals surface area contributed by atoms with Crippen molar-refractivity contribution in [2.24, 2.45) is 17.6 Å². The van der Waals surface area contributed by atoms with E-state index < -0.39 is 17.9 Å². The Bertz CT molecular complexity index is 280. The van der Waals surface area contributed by atoms with Gasteiger partial charge in [0.25, 0.3) is 0 Å². The van der Waals surface area contributed by atoms with E-state index in [0.717, 1.165) is 0 Å². The van der Waals surface area contributed by atoms with Crippen LogP contribution in [0.2, 0.25) is 0 Å². The SMILES string of the molecule is CC(N)C(C)C(=O)NC1COCC1C(=O)O. The highest BCUT2D eigenvalue weighted by atomic mass is 16.5. The van der Waals surface area contributed by atoms with Gasteiger partial charge in [0.2, 0.25) is 5.91 Å². The molecular formula is C10H18N2O4. The van der Waals surface area contributed by atoms with Gasteiger partial charge in [-0.05, 0) is 6.92 Å². The van der Waals surface area contributed by atoms with Crippen molar-refractivity contribution < 1.29 is 19.4 Å². The number of carbonyl (C=O) groups is 2. The lowest BCUT2D eigenvalue weighted by Crippen LogP contribution is -2.47. The molecule has 16 heavy (non-hydrogen) atoms. The average molecular weight is 230 g/mol.